The summed E-state index contributed by atoms with van der Waals surface area (Å²) < 4.78 is 31.9. The van der Waals surface area contributed by atoms with Crippen LogP contribution >= 0.6 is 0 Å². The van der Waals surface area contributed by atoms with Gasteiger partial charge in [-0.05, 0) is 37.0 Å². The van der Waals surface area contributed by atoms with E-state index in [1.54, 1.807) is 12.4 Å². The van der Waals surface area contributed by atoms with Crippen LogP contribution in [-0.4, -0.2) is 38.3 Å². The Bertz CT molecular complexity index is 574. The van der Waals surface area contributed by atoms with Gasteiger partial charge < -0.3 is 4.74 Å². The van der Waals surface area contributed by atoms with Gasteiger partial charge in [-0.25, -0.2) is 13.1 Å². The number of nitrogens with zero attached hydrogens (tertiary/aromatic N) is 1. The molecule has 0 radical (unpaired) electrons. The molecule has 0 bridgehead atoms. The van der Waals surface area contributed by atoms with Crippen molar-refractivity contribution in [1.29, 1.82) is 0 Å². The zero-order valence-electron chi connectivity index (χ0n) is 12.0. The topological polar surface area (TPSA) is 85.4 Å². The average Bonchev–Trinajstić information content (AvgIpc) is 2.98. The minimum Gasteiger partial charge on any atom is -0.469 e. The number of hydrogen-bond acceptors (Lipinski definition) is 5. The molecular formula is C14H20N2O4S. The van der Waals surface area contributed by atoms with Gasteiger partial charge in [-0.3, -0.25) is 9.78 Å². The van der Waals surface area contributed by atoms with Crippen LogP contribution < -0.4 is 4.72 Å². The second-order valence-electron chi connectivity index (χ2n) is 5.14. The summed E-state index contributed by atoms with van der Waals surface area (Å²) >= 11 is 0. The van der Waals surface area contributed by atoms with Crippen LogP contribution in [0.25, 0.3) is 0 Å². The summed E-state index contributed by atoms with van der Waals surface area (Å²) in [6.45, 7) is 0.316. The van der Waals surface area contributed by atoms with Gasteiger partial charge in [0.25, 0.3) is 0 Å². The highest BCUT2D eigenvalue weighted by atomic mass is 32.2. The first kappa shape index (κ1) is 15.9. The predicted octanol–water partition coefficient (Wildman–Crippen LogP) is 0.885. The van der Waals surface area contributed by atoms with Crippen molar-refractivity contribution in [1.82, 2.24) is 9.71 Å². The summed E-state index contributed by atoms with van der Waals surface area (Å²) in [6, 6.07) is 3.70. The summed E-state index contributed by atoms with van der Waals surface area (Å²) in [7, 11) is -2.21. The van der Waals surface area contributed by atoms with Gasteiger partial charge in [0.05, 0.1) is 18.3 Å². The Morgan fingerprint density at radius 2 is 2.10 bits per heavy atom. The zero-order chi connectivity index (χ0) is 15.3. The Morgan fingerprint density at radius 1 is 1.38 bits per heavy atom. The second-order valence-corrected chi connectivity index (χ2v) is 7.13. The van der Waals surface area contributed by atoms with Gasteiger partial charge in [0.2, 0.25) is 10.0 Å². The maximum Gasteiger partial charge on any atom is 0.310 e. The van der Waals surface area contributed by atoms with Crippen molar-refractivity contribution < 1.29 is 17.9 Å². The van der Waals surface area contributed by atoms with Crippen molar-refractivity contribution in [2.24, 2.45) is 5.92 Å². The highest BCUT2D eigenvalue weighted by Crippen LogP contribution is 2.31. The summed E-state index contributed by atoms with van der Waals surface area (Å²) in [4.78, 5) is 15.6. The maximum absolute atomic E-state index is 12.3. The van der Waals surface area contributed by atoms with E-state index in [1.165, 1.54) is 7.11 Å². The molecule has 0 spiro atoms. The first-order valence-corrected chi connectivity index (χ1v) is 8.54. The molecule has 2 unspecified atom stereocenters. The van der Waals surface area contributed by atoms with Gasteiger partial charge in [-0.1, -0.05) is 6.42 Å². The lowest BCUT2D eigenvalue weighted by atomic mass is 10.1. The number of esters is 1. The predicted molar refractivity (Wildman–Crippen MR) is 78.0 cm³/mol. The monoisotopic (exact) mass is 312 g/mol. The number of sulfonamides is 1. The third kappa shape index (κ3) is 4.01. The van der Waals surface area contributed by atoms with E-state index in [0.717, 1.165) is 12.0 Å². The van der Waals surface area contributed by atoms with Gasteiger partial charge in [0.15, 0.2) is 0 Å². The Morgan fingerprint density at radius 3 is 2.76 bits per heavy atom. The number of nitrogens with one attached hydrogen (secondary N) is 1. The maximum atomic E-state index is 12.3. The molecule has 2 rings (SSSR count). The van der Waals surface area contributed by atoms with Crippen molar-refractivity contribution in [3.8, 4) is 0 Å². The first-order chi connectivity index (χ1) is 10.0. The molecule has 6 nitrogen and oxygen atoms in total. The molecule has 0 saturated heterocycles. The van der Waals surface area contributed by atoms with Crippen LogP contribution in [0.1, 0.15) is 24.8 Å². The molecular weight excluding hydrogens is 292 g/mol. The molecule has 1 N–H and O–H groups in total. The van der Waals surface area contributed by atoms with Gasteiger partial charge in [0.1, 0.15) is 0 Å². The molecule has 1 aromatic heterocycles. The van der Waals surface area contributed by atoms with E-state index in [2.05, 4.69) is 9.71 Å². The molecule has 2 atom stereocenters. The number of carbonyl (C=O) groups is 1. The Labute approximate surface area is 125 Å². The molecule has 1 fully saturated rings. The van der Waals surface area contributed by atoms with E-state index < -0.39 is 27.2 Å². The summed E-state index contributed by atoms with van der Waals surface area (Å²) in [6.07, 6.45) is 5.75. The molecule has 21 heavy (non-hydrogen) atoms. The Hall–Kier alpha value is -1.47. The molecule has 1 heterocycles. The van der Waals surface area contributed by atoms with Crippen LogP contribution in [0, 0.1) is 5.92 Å². The van der Waals surface area contributed by atoms with E-state index in [1.807, 2.05) is 12.1 Å². The van der Waals surface area contributed by atoms with Gasteiger partial charge in [-0.2, -0.15) is 0 Å². The van der Waals surface area contributed by atoms with E-state index in [-0.39, 0.29) is 0 Å². The number of methoxy groups -OCH3 is 1. The van der Waals surface area contributed by atoms with E-state index in [0.29, 0.717) is 25.8 Å². The zero-order valence-corrected chi connectivity index (χ0v) is 12.8. The van der Waals surface area contributed by atoms with Crippen LogP contribution in [0.4, 0.5) is 0 Å². The highest BCUT2D eigenvalue weighted by Gasteiger charge is 2.41. The standard InChI is InChI=1S/C14H20N2O4S/c1-20-14(17)12-3-2-4-13(12)21(18,19)16-10-7-11-5-8-15-9-6-11/h5-6,8-9,12-13,16H,2-4,7,10H2,1H3. The van der Waals surface area contributed by atoms with Crippen LogP contribution in [0.3, 0.4) is 0 Å². The summed E-state index contributed by atoms with van der Waals surface area (Å²) in [5.74, 6) is -0.981. The fourth-order valence-corrected chi connectivity index (χ4v) is 4.47. The largest absolute Gasteiger partial charge is 0.469 e. The van der Waals surface area contributed by atoms with Crippen LogP contribution in [-0.2, 0) is 26.0 Å². The van der Waals surface area contributed by atoms with Crippen molar-refractivity contribution >= 4 is 16.0 Å². The molecule has 7 heteroatoms. The normalized spacial score (nSPS) is 22.1. The van der Waals surface area contributed by atoms with Crippen molar-refractivity contribution in [3.63, 3.8) is 0 Å². The third-order valence-electron chi connectivity index (χ3n) is 3.82. The number of rotatable bonds is 6. The number of aromatic nitrogens is 1. The van der Waals surface area contributed by atoms with Gasteiger partial charge in [0, 0.05) is 18.9 Å². The van der Waals surface area contributed by atoms with Gasteiger partial charge in [-0.15, -0.1) is 0 Å². The van der Waals surface area contributed by atoms with E-state index in [9.17, 15) is 13.2 Å². The van der Waals surface area contributed by atoms with Crippen LogP contribution in [0.2, 0.25) is 0 Å². The molecule has 1 aromatic rings. The number of ether oxygens (including phenoxy) is 1. The minimum absolute atomic E-state index is 0.316. The third-order valence-corrected chi connectivity index (χ3v) is 5.79. The molecule has 1 aliphatic carbocycles. The Kier molecular flexibility index (Phi) is 5.30. The molecule has 1 aliphatic rings. The van der Waals surface area contributed by atoms with Gasteiger partial charge >= 0.3 is 5.97 Å². The quantitative estimate of drug-likeness (QED) is 0.788. The average molecular weight is 312 g/mol. The lowest BCUT2D eigenvalue weighted by Gasteiger charge is -2.18. The second kappa shape index (κ2) is 7.00. The number of carbonyl (C=O) groups excluding carboxylic acids is 1. The van der Waals surface area contributed by atoms with Crippen LogP contribution in [0.5, 0.6) is 0 Å². The number of pyridine rings is 1. The first-order valence-electron chi connectivity index (χ1n) is 7.00. The SMILES string of the molecule is COC(=O)C1CCCC1S(=O)(=O)NCCc1ccncc1. The fraction of sp³-hybridized carbons (Fsp3) is 0.571. The fourth-order valence-electron chi connectivity index (χ4n) is 2.71. The van der Waals surface area contributed by atoms with E-state index >= 15 is 0 Å². The minimum atomic E-state index is -3.50. The number of hydrogen-bond donors (Lipinski definition) is 1. The lowest BCUT2D eigenvalue weighted by molar-refractivity contribution is -0.145. The summed E-state index contributed by atoms with van der Waals surface area (Å²) in [5.41, 5.74) is 1.02. The molecule has 1 saturated carbocycles. The smallest absolute Gasteiger partial charge is 0.310 e. The Balaban J connectivity index is 1.93. The van der Waals surface area contributed by atoms with Crippen LogP contribution in [0.15, 0.2) is 24.5 Å². The molecule has 116 valence electrons. The van der Waals surface area contributed by atoms with Crippen molar-refractivity contribution in [3.05, 3.63) is 30.1 Å². The van der Waals surface area contributed by atoms with Crippen molar-refractivity contribution in [2.45, 2.75) is 30.9 Å². The molecule has 0 aliphatic heterocycles. The van der Waals surface area contributed by atoms with Crippen molar-refractivity contribution in [2.75, 3.05) is 13.7 Å². The highest BCUT2D eigenvalue weighted by molar-refractivity contribution is 7.90. The summed E-state index contributed by atoms with van der Waals surface area (Å²) in [5, 5.41) is -0.678. The molecule has 0 aromatic carbocycles. The molecule has 0 amide bonds. The van der Waals surface area contributed by atoms with E-state index in [4.69, 9.17) is 4.74 Å². The lowest BCUT2D eigenvalue weighted by Crippen LogP contribution is -2.40.